The molecule has 1 saturated carbocycles. The minimum atomic E-state index is -1.10. The van der Waals surface area contributed by atoms with Crippen LogP contribution in [0.25, 0.3) is 0 Å². The standard InChI is InChI=1S/C7H7N3O4/c11-6(12)7(1-2-7)5-4(10(13)14)3-8-9-5/h3H,1-2H2,(H,8,9)(H,11,12). The zero-order valence-corrected chi connectivity index (χ0v) is 7.06. The molecule has 0 bridgehead atoms. The summed E-state index contributed by atoms with van der Waals surface area (Å²) in [6.07, 6.45) is 1.88. The molecule has 1 aliphatic carbocycles. The van der Waals surface area contributed by atoms with E-state index in [0.29, 0.717) is 12.8 Å². The van der Waals surface area contributed by atoms with Gasteiger partial charge in [-0.15, -0.1) is 0 Å². The molecule has 0 radical (unpaired) electrons. The van der Waals surface area contributed by atoms with Gasteiger partial charge in [0, 0.05) is 0 Å². The third-order valence-corrected chi connectivity index (χ3v) is 2.45. The summed E-state index contributed by atoms with van der Waals surface area (Å²) in [5.41, 5.74) is -1.24. The lowest BCUT2D eigenvalue weighted by Gasteiger charge is -2.04. The zero-order valence-electron chi connectivity index (χ0n) is 7.06. The van der Waals surface area contributed by atoms with Crippen molar-refractivity contribution in [2.24, 2.45) is 0 Å². The summed E-state index contributed by atoms with van der Waals surface area (Å²) in [4.78, 5) is 20.8. The monoisotopic (exact) mass is 197 g/mol. The Morgan fingerprint density at radius 1 is 1.71 bits per heavy atom. The molecule has 14 heavy (non-hydrogen) atoms. The van der Waals surface area contributed by atoms with E-state index in [1.165, 1.54) is 0 Å². The molecule has 0 unspecified atom stereocenters. The van der Waals surface area contributed by atoms with Crippen LogP contribution in [0.15, 0.2) is 6.20 Å². The molecule has 0 amide bonds. The van der Waals surface area contributed by atoms with Crippen LogP contribution in [0.1, 0.15) is 18.5 Å². The Morgan fingerprint density at radius 3 is 2.79 bits per heavy atom. The highest BCUT2D eigenvalue weighted by Gasteiger charge is 2.56. The summed E-state index contributed by atoms with van der Waals surface area (Å²) in [5.74, 6) is -1.04. The summed E-state index contributed by atoms with van der Waals surface area (Å²) in [6, 6.07) is 0. The molecule has 7 heteroatoms. The molecule has 1 heterocycles. The Morgan fingerprint density at radius 2 is 2.36 bits per heavy atom. The smallest absolute Gasteiger partial charge is 0.315 e. The first-order valence-electron chi connectivity index (χ1n) is 3.99. The Bertz CT molecular complexity index is 407. The van der Waals surface area contributed by atoms with Gasteiger partial charge in [-0.05, 0) is 12.8 Å². The van der Waals surface area contributed by atoms with Crippen molar-refractivity contribution in [2.45, 2.75) is 18.3 Å². The number of aromatic amines is 1. The fourth-order valence-electron chi connectivity index (χ4n) is 1.47. The lowest BCUT2D eigenvalue weighted by Crippen LogP contribution is -2.21. The number of hydrogen-bond donors (Lipinski definition) is 2. The maximum absolute atomic E-state index is 10.9. The van der Waals surface area contributed by atoms with Crippen molar-refractivity contribution in [3.05, 3.63) is 22.0 Å². The number of rotatable bonds is 3. The highest BCUT2D eigenvalue weighted by Crippen LogP contribution is 2.50. The number of nitro groups is 1. The summed E-state index contributed by atoms with van der Waals surface area (Å²) in [5, 5.41) is 25.3. The third-order valence-electron chi connectivity index (χ3n) is 2.45. The van der Waals surface area contributed by atoms with E-state index in [2.05, 4.69) is 10.2 Å². The molecule has 0 atom stereocenters. The number of nitrogens with zero attached hydrogens (tertiary/aromatic N) is 2. The van der Waals surface area contributed by atoms with Crippen molar-refractivity contribution < 1.29 is 14.8 Å². The van der Waals surface area contributed by atoms with Crippen LogP contribution in [0.5, 0.6) is 0 Å². The molecule has 7 nitrogen and oxygen atoms in total. The lowest BCUT2D eigenvalue weighted by molar-refractivity contribution is -0.385. The molecular formula is C7H7N3O4. The van der Waals surface area contributed by atoms with Gasteiger partial charge in [-0.25, -0.2) is 0 Å². The minimum absolute atomic E-state index is 0.106. The van der Waals surface area contributed by atoms with Crippen molar-refractivity contribution in [3.63, 3.8) is 0 Å². The van der Waals surface area contributed by atoms with Crippen LogP contribution in [0.3, 0.4) is 0 Å². The molecule has 0 aromatic carbocycles. The van der Waals surface area contributed by atoms with Gasteiger partial charge < -0.3 is 5.11 Å². The molecule has 1 fully saturated rings. The Labute approximate surface area is 77.9 Å². The van der Waals surface area contributed by atoms with Crippen LogP contribution in [0, 0.1) is 10.1 Å². The van der Waals surface area contributed by atoms with Crippen LogP contribution in [-0.2, 0) is 10.2 Å². The number of aromatic nitrogens is 2. The highest BCUT2D eigenvalue weighted by molar-refractivity contribution is 5.85. The number of carbonyl (C=O) groups is 1. The van der Waals surface area contributed by atoms with Gasteiger partial charge in [-0.2, -0.15) is 5.10 Å². The first-order chi connectivity index (χ1) is 6.58. The molecule has 0 saturated heterocycles. The number of nitrogens with one attached hydrogen (secondary N) is 1. The zero-order chi connectivity index (χ0) is 10.3. The number of hydrogen-bond acceptors (Lipinski definition) is 4. The molecule has 0 aliphatic heterocycles. The third kappa shape index (κ3) is 0.983. The fraction of sp³-hybridized carbons (Fsp3) is 0.429. The van der Waals surface area contributed by atoms with E-state index in [9.17, 15) is 14.9 Å². The summed E-state index contributed by atoms with van der Waals surface area (Å²) < 4.78 is 0. The van der Waals surface area contributed by atoms with Crippen LogP contribution in [-0.4, -0.2) is 26.2 Å². The SMILES string of the molecule is O=C(O)C1(c2[nH]ncc2[N+](=O)[O-])CC1. The number of carboxylic acids is 1. The molecule has 2 N–H and O–H groups in total. The Kier molecular flexibility index (Phi) is 1.57. The van der Waals surface area contributed by atoms with Gasteiger partial charge in [-0.1, -0.05) is 0 Å². The fourth-order valence-corrected chi connectivity index (χ4v) is 1.47. The van der Waals surface area contributed by atoms with Gasteiger partial charge in [0.05, 0.1) is 4.92 Å². The van der Waals surface area contributed by atoms with E-state index >= 15 is 0 Å². The number of carboxylic acid groups (broad SMARTS) is 1. The van der Waals surface area contributed by atoms with Gasteiger partial charge in [0.15, 0.2) is 0 Å². The predicted octanol–water partition coefficient (Wildman–Crippen LogP) is 0.434. The number of H-pyrrole nitrogens is 1. The topological polar surface area (TPSA) is 109 Å². The second-order valence-corrected chi connectivity index (χ2v) is 3.27. The molecule has 1 aliphatic rings. The van der Waals surface area contributed by atoms with E-state index < -0.39 is 16.3 Å². The molecule has 2 rings (SSSR count). The summed E-state index contributed by atoms with van der Waals surface area (Å²) in [7, 11) is 0. The van der Waals surface area contributed by atoms with Gasteiger partial charge in [-0.3, -0.25) is 20.0 Å². The van der Waals surface area contributed by atoms with Crippen LogP contribution in [0.4, 0.5) is 5.69 Å². The van der Waals surface area contributed by atoms with Crippen molar-refractivity contribution in [2.75, 3.05) is 0 Å². The second kappa shape index (κ2) is 2.53. The number of aliphatic carboxylic acids is 1. The van der Waals surface area contributed by atoms with E-state index in [0.717, 1.165) is 6.20 Å². The molecular weight excluding hydrogens is 190 g/mol. The maximum atomic E-state index is 10.9. The highest BCUT2D eigenvalue weighted by atomic mass is 16.6. The van der Waals surface area contributed by atoms with Gasteiger partial charge >= 0.3 is 11.7 Å². The summed E-state index contributed by atoms with van der Waals surface area (Å²) in [6.45, 7) is 0. The van der Waals surface area contributed by atoms with E-state index in [4.69, 9.17) is 5.11 Å². The molecule has 0 spiro atoms. The van der Waals surface area contributed by atoms with Gasteiger partial charge in [0.1, 0.15) is 17.3 Å². The lowest BCUT2D eigenvalue weighted by atomic mass is 10.0. The van der Waals surface area contributed by atoms with E-state index in [-0.39, 0.29) is 11.4 Å². The average Bonchev–Trinajstić information content (AvgIpc) is 2.77. The van der Waals surface area contributed by atoms with Crippen molar-refractivity contribution >= 4 is 11.7 Å². The van der Waals surface area contributed by atoms with Crippen molar-refractivity contribution in [3.8, 4) is 0 Å². The van der Waals surface area contributed by atoms with Gasteiger partial charge in [0.2, 0.25) is 0 Å². The Balaban J connectivity index is 2.47. The van der Waals surface area contributed by atoms with Crippen LogP contribution < -0.4 is 0 Å². The van der Waals surface area contributed by atoms with E-state index in [1.54, 1.807) is 0 Å². The quantitative estimate of drug-likeness (QED) is 0.539. The predicted molar refractivity (Wildman–Crippen MR) is 43.8 cm³/mol. The first kappa shape index (κ1) is 8.67. The van der Waals surface area contributed by atoms with Crippen LogP contribution in [0.2, 0.25) is 0 Å². The maximum Gasteiger partial charge on any atom is 0.315 e. The van der Waals surface area contributed by atoms with Gasteiger partial charge in [0.25, 0.3) is 0 Å². The van der Waals surface area contributed by atoms with Crippen LogP contribution >= 0.6 is 0 Å². The normalized spacial score (nSPS) is 17.7. The summed E-state index contributed by atoms with van der Waals surface area (Å²) >= 11 is 0. The van der Waals surface area contributed by atoms with Crippen molar-refractivity contribution in [1.82, 2.24) is 10.2 Å². The molecule has 1 aromatic rings. The Hall–Kier alpha value is -1.92. The first-order valence-corrected chi connectivity index (χ1v) is 3.99. The minimum Gasteiger partial charge on any atom is -0.481 e. The van der Waals surface area contributed by atoms with Crippen molar-refractivity contribution in [1.29, 1.82) is 0 Å². The largest absolute Gasteiger partial charge is 0.481 e. The average molecular weight is 197 g/mol. The molecule has 1 aromatic heterocycles. The molecule has 74 valence electrons. The second-order valence-electron chi connectivity index (χ2n) is 3.27. The van der Waals surface area contributed by atoms with E-state index in [1.807, 2.05) is 0 Å².